The molecule has 0 heterocycles. The predicted molar refractivity (Wildman–Crippen MR) is 64.5 cm³/mol. The lowest BCUT2D eigenvalue weighted by molar-refractivity contribution is -0.00815. The van der Waals surface area contributed by atoms with E-state index in [1.54, 1.807) is 12.1 Å². The number of carbonyl (C=O) groups excluding carboxylic acids is 1. The molecule has 0 aliphatic heterocycles. The average Bonchev–Trinajstić information content (AvgIpc) is 2.27. The summed E-state index contributed by atoms with van der Waals surface area (Å²) in [7, 11) is 0. The fraction of sp³-hybridized carbons (Fsp3) is 0.462. The van der Waals surface area contributed by atoms with E-state index in [2.05, 4.69) is 5.32 Å². The van der Waals surface area contributed by atoms with Crippen molar-refractivity contribution >= 4 is 5.91 Å². The van der Waals surface area contributed by atoms with Gasteiger partial charge in [0.1, 0.15) is 0 Å². The minimum atomic E-state index is -0.320. The van der Waals surface area contributed by atoms with Crippen LogP contribution in [0.2, 0.25) is 0 Å². The molecular formula is C13H19NO2. The third-order valence-electron chi connectivity index (χ3n) is 2.25. The Morgan fingerprint density at radius 3 is 2.50 bits per heavy atom. The van der Waals surface area contributed by atoms with Gasteiger partial charge in [0.15, 0.2) is 0 Å². The first-order valence-corrected chi connectivity index (χ1v) is 5.52. The molecule has 1 N–H and O–H groups in total. The number of benzene rings is 1. The van der Waals surface area contributed by atoms with Crippen molar-refractivity contribution in [2.75, 3.05) is 13.2 Å². The molecule has 0 unspecified atom stereocenters. The maximum absolute atomic E-state index is 11.7. The molecule has 1 rings (SSSR count). The van der Waals surface area contributed by atoms with E-state index in [-0.39, 0.29) is 11.5 Å². The minimum Gasteiger partial charge on any atom is -0.374 e. The fourth-order valence-electron chi connectivity index (χ4n) is 1.43. The van der Waals surface area contributed by atoms with Gasteiger partial charge in [0, 0.05) is 18.7 Å². The summed E-state index contributed by atoms with van der Waals surface area (Å²) in [6.07, 6.45) is 0. The maximum Gasteiger partial charge on any atom is 0.251 e. The number of amides is 1. The van der Waals surface area contributed by atoms with Crippen molar-refractivity contribution in [2.24, 2.45) is 0 Å². The number of hydrogen-bond acceptors (Lipinski definition) is 2. The van der Waals surface area contributed by atoms with Crippen molar-refractivity contribution < 1.29 is 9.53 Å². The smallest absolute Gasteiger partial charge is 0.251 e. The summed E-state index contributed by atoms with van der Waals surface area (Å²) in [4.78, 5) is 11.7. The molecule has 0 saturated heterocycles. The second kappa shape index (κ2) is 5.66. The molecule has 1 aromatic carbocycles. The van der Waals surface area contributed by atoms with E-state index < -0.39 is 0 Å². The summed E-state index contributed by atoms with van der Waals surface area (Å²) in [5, 5.41) is 2.86. The molecule has 3 nitrogen and oxygen atoms in total. The van der Waals surface area contributed by atoms with E-state index in [4.69, 9.17) is 4.74 Å². The summed E-state index contributed by atoms with van der Waals surface area (Å²) in [5.74, 6) is -0.0617. The standard InChI is InChI=1S/C13H19NO2/c1-4-16-13(2,3)10-14-12(15)11-8-6-5-7-9-11/h5-9H,4,10H2,1-3H3,(H,14,15). The maximum atomic E-state index is 11.7. The van der Waals surface area contributed by atoms with Gasteiger partial charge in [-0.25, -0.2) is 0 Å². The molecule has 1 amide bonds. The van der Waals surface area contributed by atoms with E-state index in [1.807, 2.05) is 39.0 Å². The Labute approximate surface area is 96.8 Å². The van der Waals surface area contributed by atoms with Crippen LogP contribution in [-0.4, -0.2) is 24.7 Å². The Hall–Kier alpha value is -1.35. The molecule has 16 heavy (non-hydrogen) atoms. The summed E-state index contributed by atoms with van der Waals surface area (Å²) < 4.78 is 5.50. The highest BCUT2D eigenvalue weighted by Crippen LogP contribution is 2.07. The largest absolute Gasteiger partial charge is 0.374 e. The SMILES string of the molecule is CCOC(C)(C)CNC(=O)c1ccccc1. The van der Waals surface area contributed by atoms with E-state index in [9.17, 15) is 4.79 Å². The molecule has 0 atom stereocenters. The van der Waals surface area contributed by atoms with Crippen LogP contribution < -0.4 is 5.32 Å². The van der Waals surface area contributed by atoms with Gasteiger partial charge in [-0.2, -0.15) is 0 Å². The van der Waals surface area contributed by atoms with Gasteiger partial charge in [0.2, 0.25) is 0 Å². The number of carbonyl (C=O) groups is 1. The Morgan fingerprint density at radius 2 is 1.94 bits per heavy atom. The van der Waals surface area contributed by atoms with Crippen LogP contribution >= 0.6 is 0 Å². The van der Waals surface area contributed by atoms with Crippen LogP contribution in [0, 0.1) is 0 Å². The van der Waals surface area contributed by atoms with E-state index >= 15 is 0 Å². The summed E-state index contributed by atoms with van der Waals surface area (Å²) in [5.41, 5.74) is 0.355. The van der Waals surface area contributed by atoms with Crippen LogP contribution in [0.15, 0.2) is 30.3 Å². The van der Waals surface area contributed by atoms with Crippen molar-refractivity contribution in [1.82, 2.24) is 5.32 Å². The summed E-state index contributed by atoms with van der Waals surface area (Å²) in [6, 6.07) is 9.18. The lowest BCUT2D eigenvalue weighted by Crippen LogP contribution is -2.40. The Morgan fingerprint density at radius 1 is 1.31 bits per heavy atom. The highest BCUT2D eigenvalue weighted by Gasteiger charge is 2.18. The number of ether oxygens (including phenoxy) is 1. The van der Waals surface area contributed by atoms with Crippen molar-refractivity contribution in [2.45, 2.75) is 26.4 Å². The monoisotopic (exact) mass is 221 g/mol. The van der Waals surface area contributed by atoms with Crippen LogP contribution in [-0.2, 0) is 4.74 Å². The predicted octanol–water partition coefficient (Wildman–Crippen LogP) is 2.23. The van der Waals surface area contributed by atoms with E-state index in [0.717, 1.165) is 0 Å². The molecule has 88 valence electrons. The molecule has 0 aliphatic carbocycles. The van der Waals surface area contributed by atoms with Crippen molar-refractivity contribution in [3.05, 3.63) is 35.9 Å². The van der Waals surface area contributed by atoms with Crippen LogP contribution in [0.3, 0.4) is 0 Å². The van der Waals surface area contributed by atoms with Crippen LogP contribution in [0.1, 0.15) is 31.1 Å². The summed E-state index contributed by atoms with van der Waals surface area (Å²) >= 11 is 0. The number of rotatable bonds is 5. The van der Waals surface area contributed by atoms with Gasteiger partial charge in [-0.15, -0.1) is 0 Å². The molecule has 0 saturated carbocycles. The molecule has 0 radical (unpaired) electrons. The van der Waals surface area contributed by atoms with E-state index in [1.165, 1.54) is 0 Å². The van der Waals surface area contributed by atoms with Gasteiger partial charge in [0.05, 0.1) is 5.60 Å². The van der Waals surface area contributed by atoms with Gasteiger partial charge in [-0.3, -0.25) is 4.79 Å². The van der Waals surface area contributed by atoms with Gasteiger partial charge in [-0.1, -0.05) is 18.2 Å². The lowest BCUT2D eigenvalue weighted by Gasteiger charge is -2.24. The second-order valence-electron chi connectivity index (χ2n) is 4.24. The van der Waals surface area contributed by atoms with Crippen molar-refractivity contribution in [3.63, 3.8) is 0 Å². The third-order valence-corrected chi connectivity index (χ3v) is 2.25. The van der Waals surface area contributed by atoms with Gasteiger partial charge >= 0.3 is 0 Å². The third kappa shape index (κ3) is 4.03. The van der Waals surface area contributed by atoms with Crippen molar-refractivity contribution in [3.8, 4) is 0 Å². The number of hydrogen-bond donors (Lipinski definition) is 1. The first-order chi connectivity index (χ1) is 7.55. The fourth-order valence-corrected chi connectivity index (χ4v) is 1.43. The first-order valence-electron chi connectivity index (χ1n) is 5.52. The molecule has 0 spiro atoms. The van der Waals surface area contributed by atoms with Crippen LogP contribution in [0.25, 0.3) is 0 Å². The van der Waals surface area contributed by atoms with Crippen LogP contribution in [0.4, 0.5) is 0 Å². The van der Waals surface area contributed by atoms with Gasteiger partial charge in [-0.05, 0) is 32.9 Å². The average molecular weight is 221 g/mol. The first kappa shape index (κ1) is 12.7. The Kier molecular flexibility index (Phi) is 4.50. The quantitative estimate of drug-likeness (QED) is 0.828. The minimum absolute atomic E-state index is 0.0617. The zero-order valence-corrected chi connectivity index (χ0v) is 10.1. The van der Waals surface area contributed by atoms with Crippen LogP contribution in [0.5, 0.6) is 0 Å². The van der Waals surface area contributed by atoms with Gasteiger partial charge in [0.25, 0.3) is 5.91 Å². The molecule has 1 aromatic rings. The highest BCUT2D eigenvalue weighted by atomic mass is 16.5. The topological polar surface area (TPSA) is 38.3 Å². The van der Waals surface area contributed by atoms with E-state index in [0.29, 0.717) is 18.7 Å². The van der Waals surface area contributed by atoms with Gasteiger partial charge < -0.3 is 10.1 Å². The normalized spacial score (nSPS) is 11.2. The molecule has 0 aliphatic rings. The Bertz CT molecular complexity index is 333. The zero-order chi connectivity index (χ0) is 12.0. The zero-order valence-electron chi connectivity index (χ0n) is 10.1. The molecule has 0 fully saturated rings. The molecule has 3 heteroatoms. The van der Waals surface area contributed by atoms with Crippen molar-refractivity contribution in [1.29, 1.82) is 0 Å². The second-order valence-corrected chi connectivity index (χ2v) is 4.24. The molecule has 0 bridgehead atoms. The Balaban J connectivity index is 2.48. The molecular weight excluding hydrogens is 202 g/mol. The summed E-state index contributed by atoms with van der Waals surface area (Å²) in [6.45, 7) is 7.02. The number of nitrogens with one attached hydrogen (secondary N) is 1. The lowest BCUT2D eigenvalue weighted by atomic mass is 10.1. The molecule has 0 aromatic heterocycles. The highest BCUT2D eigenvalue weighted by molar-refractivity contribution is 5.94.